The summed E-state index contributed by atoms with van der Waals surface area (Å²) in [6.45, 7) is 3.66. The summed E-state index contributed by atoms with van der Waals surface area (Å²) in [7, 11) is 0. The van der Waals surface area contributed by atoms with Crippen LogP contribution in [0.3, 0.4) is 0 Å². The van der Waals surface area contributed by atoms with E-state index in [9.17, 15) is 14.0 Å². The first-order chi connectivity index (χ1) is 14.9. The van der Waals surface area contributed by atoms with Crippen molar-refractivity contribution in [2.75, 3.05) is 19.8 Å². The molecule has 0 unspecified atom stereocenters. The Morgan fingerprint density at radius 3 is 2.68 bits per heavy atom. The van der Waals surface area contributed by atoms with E-state index in [-0.39, 0.29) is 46.9 Å². The molecule has 1 heterocycles. The first-order valence-electron chi connectivity index (χ1n) is 9.45. The maximum Gasteiger partial charge on any atom is 0.363 e. The van der Waals surface area contributed by atoms with E-state index < -0.39 is 17.8 Å². The van der Waals surface area contributed by atoms with Crippen LogP contribution in [0.15, 0.2) is 47.1 Å². The van der Waals surface area contributed by atoms with Crippen molar-refractivity contribution in [2.24, 2.45) is 4.99 Å². The van der Waals surface area contributed by atoms with Crippen LogP contribution in [0, 0.1) is 5.82 Å². The fourth-order valence-electron chi connectivity index (χ4n) is 2.72. The van der Waals surface area contributed by atoms with Crippen molar-refractivity contribution in [1.82, 2.24) is 0 Å². The van der Waals surface area contributed by atoms with Gasteiger partial charge in [-0.05, 0) is 49.8 Å². The molecule has 1 aliphatic rings. The summed E-state index contributed by atoms with van der Waals surface area (Å²) >= 11 is 6.31. The zero-order valence-electron chi connectivity index (χ0n) is 16.8. The molecule has 0 saturated heterocycles. The van der Waals surface area contributed by atoms with Crippen LogP contribution in [-0.2, 0) is 19.1 Å². The summed E-state index contributed by atoms with van der Waals surface area (Å²) in [6, 6.07) is 8.93. The van der Waals surface area contributed by atoms with Crippen molar-refractivity contribution < 1.29 is 32.9 Å². The molecule has 2 aromatic carbocycles. The van der Waals surface area contributed by atoms with Crippen molar-refractivity contribution in [2.45, 2.75) is 13.8 Å². The minimum Gasteiger partial charge on any atom is -0.490 e. The van der Waals surface area contributed by atoms with Gasteiger partial charge >= 0.3 is 11.9 Å². The molecule has 0 amide bonds. The molecular weight excluding hydrogens is 429 g/mol. The van der Waals surface area contributed by atoms with E-state index in [2.05, 4.69) is 4.99 Å². The monoisotopic (exact) mass is 447 g/mol. The van der Waals surface area contributed by atoms with Crippen LogP contribution < -0.4 is 9.47 Å². The zero-order chi connectivity index (χ0) is 22.4. The van der Waals surface area contributed by atoms with Gasteiger partial charge in [-0.1, -0.05) is 23.7 Å². The van der Waals surface area contributed by atoms with E-state index in [4.69, 9.17) is 30.5 Å². The number of carbonyl (C=O) groups is 2. The number of benzene rings is 2. The van der Waals surface area contributed by atoms with Crippen molar-refractivity contribution in [3.63, 3.8) is 0 Å². The van der Waals surface area contributed by atoms with Crippen LogP contribution in [-0.4, -0.2) is 37.7 Å². The SMILES string of the molecule is CCOC(=O)COc1c(Cl)cc(/C=C2\N=C(c3ccccc3F)OC2=O)cc1OCC. The lowest BCUT2D eigenvalue weighted by Gasteiger charge is -2.14. The second-order valence-corrected chi connectivity index (χ2v) is 6.58. The quantitative estimate of drug-likeness (QED) is 0.446. The Kier molecular flexibility index (Phi) is 7.25. The average molecular weight is 448 g/mol. The third-order valence-corrected chi connectivity index (χ3v) is 4.28. The molecule has 0 radical (unpaired) electrons. The Labute approximate surface area is 183 Å². The number of halogens is 2. The lowest BCUT2D eigenvalue weighted by molar-refractivity contribution is -0.145. The van der Waals surface area contributed by atoms with Gasteiger partial charge in [0.15, 0.2) is 23.8 Å². The molecular formula is C22H19ClFNO6. The highest BCUT2D eigenvalue weighted by atomic mass is 35.5. The van der Waals surface area contributed by atoms with Crippen LogP contribution in [0.25, 0.3) is 6.08 Å². The summed E-state index contributed by atoms with van der Waals surface area (Å²) in [5, 5.41) is 0.159. The highest BCUT2D eigenvalue weighted by molar-refractivity contribution is 6.32. The number of hydrogen-bond acceptors (Lipinski definition) is 7. The standard InChI is InChI=1S/C22H19ClFNO6/c1-3-28-18-11-13(9-15(23)20(18)30-12-19(26)29-4-2)10-17-22(27)31-21(25-17)14-7-5-6-8-16(14)24/h5-11H,3-4,12H2,1-2H3/b17-10-. The lowest BCUT2D eigenvalue weighted by atomic mass is 10.1. The van der Waals surface area contributed by atoms with Gasteiger partial charge in [-0.25, -0.2) is 19.0 Å². The first kappa shape index (κ1) is 22.3. The molecule has 0 bridgehead atoms. The van der Waals surface area contributed by atoms with Gasteiger partial charge in [-0.3, -0.25) is 0 Å². The maximum atomic E-state index is 14.0. The number of rotatable bonds is 8. The molecule has 7 nitrogen and oxygen atoms in total. The number of nitrogens with zero attached hydrogens (tertiary/aromatic N) is 1. The maximum absolute atomic E-state index is 14.0. The topological polar surface area (TPSA) is 83.4 Å². The number of aliphatic imine (C=N–C) groups is 1. The molecule has 0 fully saturated rings. The summed E-state index contributed by atoms with van der Waals surface area (Å²) in [4.78, 5) is 27.9. The largest absolute Gasteiger partial charge is 0.490 e. The van der Waals surface area contributed by atoms with Crippen LogP contribution >= 0.6 is 11.6 Å². The predicted molar refractivity (Wildman–Crippen MR) is 112 cm³/mol. The molecule has 162 valence electrons. The molecule has 3 rings (SSSR count). The predicted octanol–water partition coefficient (Wildman–Crippen LogP) is 4.16. The van der Waals surface area contributed by atoms with Crippen molar-refractivity contribution in [3.05, 3.63) is 64.1 Å². The van der Waals surface area contributed by atoms with E-state index in [0.29, 0.717) is 12.2 Å². The van der Waals surface area contributed by atoms with E-state index in [1.165, 1.54) is 30.3 Å². The Morgan fingerprint density at radius 2 is 1.97 bits per heavy atom. The number of esters is 2. The Morgan fingerprint density at radius 1 is 1.19 bits per heavy atom. The highest BCUT2D eigenvalue weighted by Crippen LogP contribution is 2.37. The molecule has 1 aliphatic heterocycles. The van der Waals surface area contributed by atoms with Gasteiger partial charge in [0.1, 0.15) is 5.82 Å². The van der Waals surface area contributed by atoms with Crippen molar-refractivity contribution in [1.29, 1.82) is 0 Å². The van der Waals surface area contributed by atoms with Crippen molar-refractivity contribution >= 4 is 35.5 Å². The average Bonchev–Trinajstić information content (AvgIpc) is 3.08. The van der Waals surface area contributed by atoms with E-state index in [1.807, 2.05) is 0 Å². The molecule has 2 aromatic rings. The molecule has 9 heteroatoms. The fraction of sp³-hybridized carbons (Fsp3) is 0.227. The Balaban J connectivity index is 1.90. The molecule has 0 saturated carbocycles. The minimum atomic E-state index is -0.727. The van der Waals surface area contributed by atoms with Crippen LogP contribution in [0.1, 0.15) is 25.0 Å². The zero-order valence-corrected chi connectivity index (χ0v) is 17.6. The lowest BCUT2D eigenvalue weighted by Crippen LogP contribution is -2.15. The van der Waals surface area contributed by atoms with Crippen LogP contribution in [0.5, 0.6) is 11.5 Å². The van der Waals surface area contributed by atoms with E-state index in [0.717, 1.165) is 0 Å². The van der Waals surface area contributed by atoms with Gasteiger partial charge in [0.05, 0.1) is 23.8 Å². The van der Waals surface area contributed by atoms with E-state index >= 15 is 0 Å². The summed E-state index contributed by atoms with van der Waals surface area (Å²) in [6.07, 6.45) is 1.43. The van der Waals surface area contributed by atoms with Gasteiger partial charge in [-0.2, -0.15) is 0 Å². The van der Waals surface area contributed by atoms with Gasteiger partial charge in [-0.15, -0.1) is 0 Å². The number of hydrogen-bond donors (Lipinski definition) is 0. The molecule has 0 aromatic heterocycles. The third-order valence-electron chi connectivity index (χ3n) is 4.00. The number of carbonyl (C=O) groups excluding carboxylic acids is 2. The van der Waals surface area contributed by atoms with Gasteiger partial charge in [0.2, 0.25) is 5.90 Å². The fourth-order valence-corrected chi connectivity index (χ4v) is 3.00. The Hall–Kier alpha value is -3.39. The summed E-state index contributed by atoms with van der Waals surface area (Å²) < 4.78 is 34.9. The minimum absolute atomic E-state index is 0.0306. The first-order valence-corrected chi connectivity index (χ1v) is 9.83. The molecule has 0 aliphatic carbocycles. The van der Waals surface area contributed by atoms with E-state index in [1.54, 1.807) is 26.0 Å². The second-order valence-electron chi connectivity index (χ2n) is 6.17. The van der Waals surface area contributed by atoms with Gasteiger partial charge < -0.3 is 18.9 Å². The number of cyclic esters (lactones) is 1. The molecule has 0 atom stereocenters. The van der Waals surface area contributed by atoms with Crippen molar-refractivity contribution in [3.8, 4) is 11.5 Å². The third kappa shape index (κ3) is 5.40. The molecule has 0 spiro atoms. The van der Waals surface area contributed by atoms with Crippen LogP contribution in [0.4, 0.5) is 4.39 Å². The van der Waals surface area contributed by atoms with Gasteiger partial charge in [0.25, 0.3) is 0 Å². The number of ether oxygens (including phenoxy) is 4. The highest BCUT2D eigenvalue weighted by Gasteiger charge is 2.26. The summed E-state index contributed by atoms with van der Waals surface area (Å²) in [5.74, 6) is -1.51. The smallest absolute Gasteiger partial charge is 0.363 e. The summed E-state index contributed by atoms with van der Waals surface area (Å²) in [5.41, 5.74) is 0.523. The van der Waals surface area contributed by atoms with Gasteiger partial charge in [0, 0.05) is 0 Å². The second kappa shape index (κ2) is 10.1. The Bertz CT molecular complexity index is 1070. The van der Waals surface area contributed by atoms with Crippen LogP contribution in [0.2, 0.25) is 5.02 Å². The molecule has 31 heavy (non-hydrogen) atoms. The normalized spacial score (nSPS) is 14.3. The molecule has 0 N–H and O–H groups in total.